The average Bonchev–Trinajstić information content (AvgIpc) is 3.49. The quantitative estimate of drug-likeness (QED) is 0.128. The van der Waals surface area contributed by atoms with E-state index in [2.05, 4.69) is 122 Å². The maximum absolute atomic E-state index is 13.7. The van der Waals surface area contributed by atoms with Gasteiger partial charge in [0, 0.05) is 37.8 Å². The van der Waals surface area contributed by atoms with Crippen LogP contribution in [0, 0.1) is 38.7 Å². The van der Waals surface area contributed by atoms with Gasteiger partial charge in [-0.25, -0.2) is 4.39 Å². The summed E-state index contributed by atoms with van der Waals surface area (Å²) in [5, 5.41) is 1.82. The molecule has 0 N–H and O–H groups in total. The van der Waals surface area contributed by atoms with Crippen molar-refractivity contribution >= 4 is 39.6 Å². The SMILES string of the molecule is Cc1cc(C)c(-c2ccnc(-c3[c-]ccc4c3oc3cc(F)ccc34)c2)c(C)c1.[CH3][Ge]([CH3])([CH3])[c]1cnc(-c2[c-]cccc2)cc1-c1ccccc1.[Ir]. The molecule has 0 aliphatic carbocycles. The van der Waals surface area contributed by atoms with Crippen molar-refractivity contribution in [2.45, 2.75) is 38.0 Å². The molecule has 0 aliphatic heterocycles. The van der Waals surface area contributed by atoms with Crippen molar-refractivity contribution < 1.29 is 28.9 Å². The molecule has 0 bridgehead atoms. The molecule has 0 unspecified atom stereocenters. The average molecular weight is 920 g/mol. The maximum Gasteiger partial charge on any atom is 0 e. The van der Waals surface area contributed by atoms with Crippen LogP contribution in [0.25, 0.3) is 66.7 Å². The molecule has 52 heavy (non-hydrogen) atoms. The Bertz CT molecular complexity index is 2480. The molecule has 3 heterocycles. The van der Waals surface area contributed by atoms with E-state index in [4.69, 9.17) is 9.40 Å². The minimum absolute atomic E-state index is 0. The van der Waals surface area contributed by atoms with Gasteiger partial charge in [0.2, 0.25) is 0 Å². The number of benzene rings is 5. The van der Waals surface area contributed by atoms with E-state index in [1.54, 1.807) is 6.07 Å². The molecule has 0 spiro atoms. The van der Waals surface area contributed by atoms with Gasteiger partial charge in [0.05, 0.1) is 5.58 Å². The summed E-state index contributed by atoms with van der Waals surface area (Å²) in [5.41, 5.74) is 13.5. The van der Waals surface area contributed by atoms with Gasteiger partial charge in [0.15, 0.2) is 0 Å². The summed E-state index contributed by atoms with van der Waals surface area (Å²) in [7, 11) is 0. The Kier molecular flexibility index (Phi) is 11.1. The van der Waals surface area contributed by atoms with Crippen LogP contribution in [0.5, 0.6) is 0 Å². The molecule has 8 rings (SSSR count). The Balaban J connectivity index is 0.000000182. The third-order valence-corrected chi connectivity index (χ3v) is 13.4. The summed E-state index contributed by atoms with van der Waals surface area (Å²) >= 11 is -1.99. The summed E-state index contributed by atoms with van der Waals surface area (Å²) in [6, 6.07) is 44.4. The number of hydrogen-bond acceptors (Lipinski definition) is 3. The van der Waals surface area contributed by atoms with E-state index < -0.39 is 13.3 Å². The van der Waals surface area contributed by atoms with Crippen molar-refractivity contribution in [1.82, 2.24) is 9.97 Å². The standard InChI is InChI=1S/C26H19FNO.C20H20GeN.Ir/c1-15-11-16(2)25(17(3)12-15)18-9-10-28-23(13-18)22-6-4-5-21-20-8-7-19(27)14-24(20)29-26(21)22;1-21(2,3)19-15-22-20(17-12-8-5-9-13-17)14-18(19)16-10-6-4-7-11-16;/h4-5,7-14H,1-3H3;4-12,14-15H,1-3H3;/q2*-1;. The largest absolute Gasteiger partial charge is 0 e. The Morgan fingerprint density at radius 3 is 2.13 bits per heavy atom. The number of pyridine rings is 2. The fourth-order valence-corrected chi connectivity index (χ4v) is 9.97. The second-order valence-electron chi connectivity index (χ2n) is 14.0. The maximum atomic E-state index is 13.7. The van der Waals surface area contributed by atoms with Crippen LogP contribution in [0.1, 0.15) is 16.7 Å². The summed E-state index contributed by atoms with van der Waals surface area (Å²) in [6.07, 6.45) is 3.91. The Hall–Kier alpha value is -4.68. The molecule has 0 saturated heterocycles. The van der Waals surface area contributed by atoms with E-state index in [1.807, 2.05) is 42.6 Å². The number of rotatable bonds is 5. The molecular formula is C46H39FGeIrN2O-2. The Morgan fingerprint density at radius 2 is 1.42 bits per heavy atom. The van der Waals surface area contributed by atoms with Crippen LogP contribution in [0.4, 0.5) is 4.39 Å². The third kappa shape index (κ3) is 7.73. The van der Waals surface area contributed by atoms with Crippen LogP contribution in [0.3, 0.4) is 0 Å². The number of hydrogen-bond donors (Lipinski definition) is 0. The zero-order chi connectivity index (χ0) is 35.7. The van der Waals surface area contributed by atoms with Crippen molar-refractivity contribution in [3.8, 4) is 44.8 Å². The van der Waals surface area contributed by atoms with Gasteiger partial charge in [-0.05, 0) is 66.9 Å². The van der Waals surface area contributed by atoms with Crippen molar-refractivity contribution in [3.05, 3.63) is 162 Å². The molecule has 1 radical (unpaired) electrons. The molecule has 261 valence electrons. The first-order valence-electron chi connectivity index (χ1n) is 17.2. The van der Waals surface area contributed by atoms with Crippen LogP contribution in [-0.2, 0) is 20.1 Å². The van der Waals surface area contributed by atoms with Crippen LogP contribution in [0.2, 0.25) is 17.3 Å². The minimum Gasteiger partial charge on any atom is 0 e. The predicted molar refractivity (Wildman–Crippen MR) is 212 cm³/mol. The second kappa shape index (κ2) is 15.5. The van der Waals surface area contributed by atoms with Gasteiger partial charge in [0.1, 0.15) is 11.4 Å². The summed E-state index contributed by atoms with van der Waals surface area (Å²) in [6.45, 7) is 6.38. The van der Waals surface area contributed by atoms with Crippen LogP contribution < -0.4 is 4.40 Å². The van der Waals surface area contributed by atoms with Gasteiger partial charge in [-0.15, -0.1) is 18.2 Å². The summed E-state index contributed by atoms with van der Waals surface area (Å²) in [5.74, 6) is 6.93. The summed E-state index contributed by atoms with van der Waals surface area (Å²) < 4.78 is 21.1. The first-order valence-corrected chi connectivity index (χ1v) is 24.5. The third-order valence-electron chi connectivity index (χ3n) is 9.16. The van der Waals surface area contributed by atoms with Gasteiger partial charge in [-0.1, -0.05) is 34.7 Å². The molecule has 3 nitrogen and oxygen atoms in total. The van der Waals surface area contributed by atoms with Crippen molar-refractivity contribution in [1.29, 1.82) is 0 Å². The zero-order valence-corrected chi connectivity index (χ0v) is 34.6. The molecule has 5 aromatic carbocycles. The van der Waals surface area contributed by atoms with E-state index >= 15 is 0 Å². The molecule has 6 heteroatoms. The number of nitrogens with zero attached hydrogens (tertiary/aromatic N) is 2. The predicted octanol–water partition coefficient (Wildman–Crippen LogP) is 11.9. The van der Waals surface area contributed by atoms with E-state index in [0.29, 0.717) is 11.2 Å². The normalized spacial score (nSPS) is 11.2. The first kappa shape index (κ1) is 37.1. The molecular weight excluding hydrogens is 880 g/mol. The number of aryl methyl sites for hydroxylation is 3. The topological polar surface area (TPSA) is 38.9 Å². The molecule has 0 fully saturated rings. The monoisotopic (exact) mass is 921 g/mol. The molecule has 0 saturated carbocycles. The van der Waals surface area contributed by atoms with Gasteiger partial charge in [-0.3, -0.25) is 0 Å². The molecule has 8 aromatic rings. The summed E-state index contributed by atoms with van der Waals surface area (Å²) in [4.78, 5) is 9.30. The molecule has 0 aliphatic rings. The fourth-order valence-electron chi connectivity index (χ4n) is 6.87. The molecule has 0 atom stereocenters. The van der Waals surface area contributed by atoms with Gasteiger partial charge < -0.3 is 9.40 Å². The van der Waals surface area contributed by atoms with Gasteiger partial charge in [-0.2, -0.15) is 0 Å². The van der Waals surface area contributed by atoms with E-state index in [-0.39, 0.29) is 25.9 Å². The van der Waals surface area contributed by atoms with Crippen molar-refractivity contribution in [3.63, 3.8) is 0 Å². The van der Waals surface area contributed by atoms with E-state index in [1.165, 1.54) is 49.9 Å². The van der Waals surface area contributed by atoms with Crippen molar-refractivity contribution in [2.24, 2.45) is 0 Å². The minimum atomic E-state index is -1.99. The zero-order valence-electron chi connectivity index (χ0n) is 30.1. The van der Waals surface area contributed by atoms with E-state index in [9.17, 15) is 4.39 Å². The number of furan rings is 1. The van der Waals surface area contributed by atoms with Crippen LogP contribution >= 0.6 is 0 Å². The van der Waals surface area contributed by atoms with E-state index in [0.717, 1.165) is 38.9 Å². The van der Waals surface area contributed by atoms with Crippen LogP contribution in [0.15, 0.2) is 132 Å². The van der Waals surface area contributed by atoms with Gasteiger partial charge in [0.25, 0.3) is 0 Å². The van der Waals surface area contributed by atoms with Gasteiger partial charge >= 0.3 is 135 Å². The Labute approximate surface area is 321 Å². The number of halogens is 1. The van der Waals surface area contributed by atoms with Crippen LogP contribution in [-0.4, -0.2) is 23.2 Å². The smallest absolute Gasteiger partial charge is 0 e. The first-order chi connectivity index (χ1) is 24.6. The number of fused-ring (bicyclic) bond motifs is 3. The fraction of sp³-hybridized carbons (Fsp3) is 0.130. The Morgan fingerprint density at radius 1 is 0.673 bits per heavy atom. The number of aromatic nitrogens is 2. The molecule has 3 aromatic heterocycles. The molecule has 0 amide bonds. The van der Waals surface area contributed by atoms with Crippen molar-refractivity contribution in [2.75, 3.05) is 0 Å². The second-order valence-corrected chi connectivity index (χ2v) is 24.6.